The van der Waals surface area contributed by atoms with Crippen LogP contribution in [0.5, 0.6) is 0 Å². The summed E-state index contributed by atoms with van der Waals surface area (Å²) in [5.74, 6) is 0.425. The zero-order valence-electron chi connectivity index (χ0n) is 15.1. The van der Waals surface area contributed by atoms with E-state index in [2.05, 4.69) is 47.0 Å². The van der Waals surface area contributed by atoms with Gasteiger partial charge < -0.3 is 15.4 Å². The molecule has 134 valence electrons. The molecule has 0 aliphatic rings. The minimum Gasteiger partial charge on any atom is -0.465 e. The molecule has 0 unspecified atom stereocenters. The second-order valence-electron chi connectivity index (χ2n) is 6.33. The first-order chi connectivity index (χ1) is 12.0. The minimum atomic E-state index is -0.326. The minimum absolute atomic E-state index is 0.0357. The number of thiophene rings is 1. The number of ether oxygens (including phenoxy) is 1. The monoisotopic (exact) mass is 359 g/mol. The van der Waals surface area contributed by atoms with Gasteiger partial charge >= 0.3 is 5.97 Å². The van der Waals surface area contributed by atoms with Crippen molar-refractivity contribution in [3.8, 4) is 0 Å². The smallest absolute Gasteiger partial charge is 0.337 e. The molecule has 2 N–H and O–H groups in total. The van der Waals surface area contributed by atoms with Gasteiger partial charge in [0, 0.05) is 30.4 Å². The van der Waals surface area contributed by atoms with Crippen LogP contribution in [0.1, 0.15) is 34.6 Å². The van der Waals surface area contributed by atoms with Crippen molar-refractivity contribution in [1.82, 2.24) is 10.6 Å². The molecule has 0 amide bonds. The van der Waals surface area contributed by atoms with Gasteiger partial charge in [0.2, 0.25) is 0 Å². The molecule has 0 aliphatic heterocycles. The zero-order chi connectivity index (χ0) is 18.3. The summed E-state index contributed by atoms with van der Waals surface area (Å²) in [7, 11) is 3.14. The third-order valence-corrected chi connectivity index (χ3v) is 5.18. The van der Waals surface area contributed by atoms with Gasteiger partial charge in [0.1, 0.15) is 0 Å². The molecule has 0 radical (unpaired) electrons. The molecule has 0 atom stereocenters. The number of hydrogen-bond donors (Lipinski definition) is 2. The molecular weight excluding hydrogens is 334 g/mol. The highest BCUT2D eigenvalue weighted by Crippen LogP contribution is 2.26. The van der Waals surface area contributed by atoms with Gasteiger partial charge in [-0.3, -0.25) is 4.99 Å². The summed E-state index contributed by atoms with van der Waals surface area (Å²) in [6.07, 6.45) is 0. The van der Waals surface area contributed by atoms with E-state index in [-0.39, 0.29) is 11.4 Å². The Balaban J connectivity index is 1.87. The van der Waals surface area contributed by atoms with Crippen LogP contribution in [0.2, 0.25) is 0 Å². The Bertz CT molecular complexity index is 707. The summed E-state index contributed by atoms with van der Waals surface area (Å²) in [6.45, 7) is 5.84. The molecule has 0 spiro atoms. The highest BCUT2D eigenvalue weighted by atomic mass is 32.1. The van der Waals surface area contributed by atoms with E-state index in [9.17, 15) is 4.79 Å². The molecule has 0 saturated heterocycles. The summed E-state index contributed by atoms with van der Waals surface area (Å²) in [6, 6.07) is 11.6. The van der Waals surface area contributed by atoms with Crippen molar-refractivity contribution in [1.29, 1.82) is 0 Å². The first kappa shape index (κ1) is 19.0. The van der Waals surface area contributed by atoms with Crippen LogP contribution < -0.4 is 10.6 Å². The van der Waals surface area contributed by atoms with Crippen LogP contribution in [0, 0.1) is 0 Å². The van der Waals surface area contributed by atoms with Gasteiger partial charge in [-0.25, -0.2) is 4.79 Å². The molecule has 1 heterocycles. The van der Waals surface area contributed by atoms with Crippen LogP contribution in [0.15, 0.2) is 46.8 Å². The van der Waals surface area contributed by atoms with E-state index < -0.39 is 0 Å². The van der Waals surface area contributed by atoms with Gasteiger partial charge in [-0.2, -0.15) is 0 Å². The Hall–Kier alpha value is -2.34. The molecular formula is C19H25N3O2S. The highest BCUT2D eigenvalue weighted by molar-refractivity contribution is 7.10. The van der Waals surface area contributed by atoms with Crippen molar-refractivity contribution in [3.63, 3.8) is 0 Å². The summed E-state index contributed by atoms with van der Waals surface area (Å²) in [5, 5.41) is 8.77. The fraction of sp³-hybridized carbons (Fsp3) is 0.368. The molecule has 0 aliphatic carbocycles. The van der Waals surface area contributed by atoms with Gasteiger partial charge in [0.15, 0.2) is 5.96 Å². The van der Waals surface area contributed by atoms with Gasteiger partial charge in [-0.1, -0.05) is 32.0 Å². The summed E-state index contributed by atoms with van der Waals surface area (Å²) >= 11 is 1.77. The Kier molecular flexibility index (Phi) is 6.58. The number of benzene rings is 1. The Morgan fingerprint density at radius 2 is 1.92 bits per heavy atom. The largest absolute Gasteiger partial charge is 0.465 e. The fourth-order valence-electron chi connectivity index (χ4n) is 2.34. The van der Waals surface area contributed by atoms with E-state index in [0.717, 1.165) is 18.1 Å². The zero-order valence-corrected chi connectivity index (χ0v) is 15.9. The third-order valence-electron chi connectivity index (χ3n) is 3.94. The van der Waals surface area contributed by atoms with E-state index in [4.69, 9.17) is 4.74 Å². The standard InChI is InChI=1S/C19H25N3O2S/c1-19(2,16-6-5-11-25-16)13-22-18(20-3)21-12-14-7-9-15(10-8-14)17(23)24-4/h5-11H,12-13H2,1-4H3,(H2,20,21,22). The second kappa shape index (κ2) is 8.67. The number of aliphatic imine (C=N–C) groups is 1. The number of carbonyl (C=O) groups is 1. The van der Waals surface area contributed by atoms with Gasteiger partial charge in [0.05, 0.1) is 12.7 Å². The lowest BCUT2D eigenvalue weighted by atomic mass is 9.91. The fourth-order valence-corrected chi connectivity index (χ4v) is 3.19. The molecule has 1 aromatic carbocycles. The molecule has 0 fully saturated rings. The quantitative estimate of drug-likeness (QED) is 0.472. The normalized spacial score (nSPS) is 11.9. The van der Waals surface area contributed by atoms with Crippen LogP contribution in [0.4, 0.5) is 0 Å². The SMILES string of the molecule is CN=C(NCc1ccc(C(=O)OC)cc1)NCC(C)(C)c1cccs1. The topological polar surface area (TPSA) is 62.7 Å². The van der Waals surface area contributed by atoms with Gasteiger partial charge in [0.25, 0.3) is 0 Å². The molecule has 1 aromatic heterocycles. The third kappa shape index (κ3) is 5.32. The molecule has 2 aromatic rings. The average molecular weight is 359 g/mol. The van der Waals surface area contributed by atoms with E-state index in [1.165, 1.54) is 12.0 Å². The summed E-state index contributed by atoms with van der Waals surface area (Å²) in [4.78, 5) is 17.1. The lowest BCUT2D eigenvalue weighted by molar-refractivity contribution is 0.0600. The maximum absolute atomic E-state index is 11.4. The van der Waals surface area contributed by atoms with Crippen molar-refractivity contribution in [2.45, 2.75) is 25.8 Å². The average Bonchev–Trinajstić information content (AvgIpc) is 3.17. The van der Waals surface area contributed by atoms with Crippen molar-refractivity contribution < 1.29 is 9.53 Å². The number of nitrogens with zero attached hydrogens (tertiary/aromatic N) is 1. The molecule has 0 bridgehead atoms. The number of guanidine groups is 1. The number of esters is 1. The number of nitrogens with one attached hydrogen (secondary N) is 2. The molecule has 5 nitrogen and oxygen atoms in total. The first-order valence-corrected chi connectivity index (χ1v) is 9.00. The molecule has 25 heavy (non-hydrogen) atoms. The van der Waals surface area contributed by atoms with Crippen LogP contribution in [-0.2, 0) is 16.7 Å². The predicted molar refractivity (Wildman–Crippen MR) is 103 cm³/mol. The van der Waals surface area contributed by atoms with E-state index in [1.54, 1.807) is 30.5 Å². The van der Waals surface area contributed by atoms with Crippen molar-refractivity contribution in [3.05, 3.63) is 57.8 Å². The Morgan fingerprint density at radius 3 is 2.48 bits per heavy atom. The Labute approximate surface area is 153 Å². The summed E-state index contributed by atoms with van der Waals surface area (Å²) in [5.41, 5.74) is 1.65. The summed E-state index contributed by atoms with van der Waals surface area (Å²) < 4.78 is 4.70. The van der Waals surface area contributed by atoms with Crippen LogP contribution in [0.25, 0.3) is 0 Å². The first-order valence-electron chi connectivity index (χ1n) is 8.12. The van der Waals surface area contributed by atoms with Crippen molar-refractivity contribution in [2.24, 2.45) is 4.99 Å². The van der Waals surface area contributed by atoms with Crippen LogP contribution >= 0.6 is 11.3 Å². The van der Waals surface area contributed by atoms with Crippen molar-refractivity contribution in [2.75, 3.05) is 20.7 Å². The van der Waals surface area contributed by atoms with E-state index in [0.29, 0.717) is 12.1 Å². The van der Waals surface area contributed by atoms with Gasteiger partial charge in [-0.15, -0.1) is 11.3 Å². The van der Waals surface area contributed by atoms with Crippen LogP contribution in [0.3, 0.4) is 0 Å². The van der Waals surface area contributed by atoms with Crippen LogP contribution in [-0.4, -0.2) is 32.6 Å². The Morgan fingerprint density at radius 1 is 1.20 bits per heavy atom. The number of carbonyl (C=O) groups excluding carboxylic acids is 1. The lowest BCUT2D eigenvalue weighted by Gasteiger charge is -2.25. The highest BCUT2D eigenvalue weighted by Gasteiger charge is 2.21. The van der Waals surface area contributed by atoms with Gasteiger partial charge in [-0.05, 0) is 29.1 Å². The second-order valence-corrected chi connectivity index (χ2v) is 7.28. The van der Waals surface area contributed by atoms with E-state index >= 15 is 0 Å². The molecule has 0 saturated carbocycles. The maximum atomic E-state index is 11.4. The van der Waals surface area contributed by atoms with E-state index in [1.807, 2.05) is 12.1 Å². The number of methoxy groups -OCH3 is 1. The molecule has 2 rings (SSSR count). The van der Waals surface area contributed by atoms with Crippen molar-refractivity contribution >= 4 is 23.3 Å². The number of rotatable bonds is 6. The maximum Gasteiger partial charge on any atom is 0.337 e. The molecule has 6 heteroatoms. The number of hydrogen-bond acceptors (Lipinski definition) is 4. The lowest BCUT2D eigenvalue weighted by Crippen LogP contribution is -2.42. The predicted octanol–water partition coefficient (Wildman–Crippen LogP) is 3.18.